The van der Waals surface area contributed by atoms with Crippen LogP contribution < -0.4 is 10.1 Å². The molecule has 0 radical (unpaired) electrons. The Hall–Kier alpha value is -1.55. The Morgan fingerprint density at radius 1 is 1.29 bits per heavy atom. The van der Waals surface area contributed by atoms with Crippen LogP contribution in [0.15, 0.2) is 18.2 Å². The van der Waals surface area contributed by atoms with Crippen LogP contribution in [-0.2, 0) is 9.53 Å². The zero-order valence-electron chi connectivity index (χ0n) is 13.8. The molecule has 0 heterocycles. The minimum atomic E-state index is -0.643. The fourth-order valence-electron chi connectivity index (χ4n) is 2.30. The van der Waals surface area contributed by atoms with E-state index in [-0.39, 0.29) is 5.97 Å². The number of likely N-dealkylation sites (N-methyl/N-ethyl adjacent to an activating group) is 1. The van der Waals surface area contributed by atoms with Gasteiger partial charge in [0.15, 0.2) is 0 Å². The molecule has 21 heavy (non-hydrogen) atoms. The molecule has 0 saturated heterocycles. The Bertz CT molecular complexity index is 473. The molecule has 1 rings (SSSR count). The number of carbonyl (C=O) groups is 1. The van der Waals surface area contributed by atoms with Gasteiger partial charge in [-0.2, -0.15) is 0 Å². The molecular weight excluding hydrogens is 266 g/mol. The van der Waals surface area contributed by atoms with Crippen molar-refractivity contribution in [1.82, 2.24) is 5.32 Å². The summed E-state index contributed by atoms with van der Waals surface area (Å²) in [6, 6.07) is 6.08. The predicted octanol–water partition coefficient (Wildman–Crippen LogP) is 3.00. The molecule has 0 saturated carbocycles. The fourth-order valence-corrected chi connectivity index (χ4v) is 2.30. The van der Waals surface area contributed by atoms with E-state index in [4.69, 9.17) is 9.47 Å². The van der Waals surface area contributed by atoms with Gasteiger partial charge in [0.1, 0.15) is 11.3 Å². The summed E-state index contributed by atoms with van der Waals surface area (Å²) in [5.74, 6) is 0.650. The minimum absolute atomic E-state index is 0.226. The predicted molar refractivity (Wildman–Crippen MR) is 84.7 cm³/mol. The van der Waals surface area contributed by atoms with Crippen LogP contribution in [0.25, 0.3) is 0 Å². The number of ether oxygens (including phenoxy) is 2. The van der Waals surface area contributed by atoms with E-state index in [0.29, 0.717) is 13.0 Å². The van der Waals surface area contributed by atoms with Crippen LogP contribution in [0.4, 0.5) is 0 Å². The van der Waals surface area contributed by atoms with E-state index in [2.05, 4.69) is 25.2 Å². The summed E-state index contributed by atoms with van der Waals surface area (Å²) in [5.41, 5.74) is 1.84. The lowest BCUT2D eigenvalue weighted by atomic mass is 9.96. The second kappa shape index (κ2) is 8.03. The Morgan fingerprint density at radius 2 is 2.00 bits per heavy atom. The topological polar surface area (TPSA) is 47.6 Å². The summed E-state index contributed by atoms with van der Waals surface area (Å²) < 4.78 is 10.6. The van der Waals surface area contributed by atoms with Gasteiger partial charge in [-0.05, 0) is 63.4 Å². The lowest BCUT2D eigenvalue weighted by Crippen LogP contribution is -2.50. The monoisotopic (exact) mass is 293 g/mol. The third-order valence-corrected chi connectivity index (χ3v) is 3.77. The van der Waals surface area contributed by atoms with Crippen LogP contribution in [0.1, 0.15) is 37.8 Å². The van der Waals surface area contributed by atoms with Gasteiger partial charge in [0.2, 0.25) is 0 Å². The fraction of sp³-hybridized carbons (Fsp3) is 0.588. The molecule has 0 amide bonds. The number of hydrogen-bond acceptors (Lipinski definition) is 4. The molecule has 1 N–H and O–H groups in total. The number of carbonyl (C=O) groups excluding carboxylic acids is 1. The molecule has 1 aromatic rings. The lowest BCUT2D eigenvalue weighted by molar-refractivity contribution is -0.148. The molecule has 0 spiro atoms. The maximum atomic E-state index is 11.8. The highest BCUT2D eigenvalue weighted by atomic mass is 16.5. The van der Waals surface area contributed by atoms with E-state index in [1.807, 2.05) is 26.0 Å². The van der Waals surface area contributed by atoms with E-state index in [0.717, 1.165) is 18.7 Å². The van der Waals surface area contributed by atoms with E-state index in [1.54, 1.807) is 0 Å². The Labute approximate surface area is 127 Å². The average Bonchev–Trinajstić information content (AvgIpc) is 2.46. The first kappa shape index (κ1) is 17.5. The maximum Gasteiger partial charge on any atom is 0.325 e. The molecule has 0 aliphatic carbocycles. The zero-order chi connectivity index (χ0) is 15.9. The highest BCUT2D eigenvalue weighted by Gasteiger charge is 2.32. The second-order valence-corrected chi connectivity index (χ2v) is 5.55. The molecule has 118 valence electrons. The smallest absolute Gasteiger partial charge is 0.325 e. The van der Waals surface area contributed by atoms with Crippen LogP contribution in [0.5, 0.6) is 5.75 Å². The second-order valence-electron chi connectivity index (χ2n) is 5.55. The molecule has 0 aliphatic rings. The summed E-state index contributed by atoms with van der Waals surface area (Å²) in [7, 11) is 1.42. The van der Waals surface area contributed by atoms with Crippen molar-refractivity contribution in [3.8, 4) is 5.75 Å². The van der Waals surface area contributed by atoms with Gasteiger partial charge < -0.3 is 14.8 Å². The van der Waals surface area contributed by atoms with Gasteiger partial charge in [-0.15, -0.1) is 0 Å². The molecular formula is C17H27NO3. The largest absolute Gasteiger partial charge is 0.494 e. The van der Waals surface area contributed by atoms with Crippen molar-refractivity contribution in [2.45, 2.75) is 46.1 Å². The number of benzene rings is 1. The van der Waals surface area contributed by atoms with E-state index >= 15 is 0 Å². The number of aryl methyl sites for hydroxylation is 2. The van der Waals surface area contributed by atoms with E-state index < -0.39 is 5.54 Å². The third-order valence-electron chi connectivity index (χ3n) is 3.77. The molecule has 1 unspecified atom stereocenters. The lowest BCUT2D eigenvalue weighted by Gasteiger charge is -2.27. The first-order valence-electron chi connectivity index (χ1n) is 7.46. The first-order valence-corrected chi connectivity index (χ1v) is 7.46. The van der Waals surface area contributed by atoms with Crippen molar-refractivity contribution >= 4 is 5.97 Å². The standard InChI is InChI=1S/C17H27NO3/c1-6-18-17(4,16(19)20-5)10-7-11-21-15-9-8-13(2)14(3)12-15/h8-9,12,18H,6-7,10-11H2,1-5H3. The molecule has 4 nitrogen and oxygen atoms in total. The first-order chi connectivity index (χ1) is 9.92. The number of methoxy groups -OCH3 is 1. The molecule has 1 atom stereocenters. The van der Waals surface area contributed by atoms with E-state index in [1.165, 1.54) is 18.2 Å². The third kappa shape index (κ3) is 5.05. The van der Waals surface area contributed by atoms with Gasteiger partial charge in [0.05, 0.1) is 13.7 Å². The van der Waals surface area contributed by atoms with Gasteiger partial charge in [0, 0.05) is 0 Å². The van der Waals surface area contributed by atoms with Gasteiger partial charge in [-0.25, -0.2) is 0 Å². The molecule has 0 aromatic heterocycles. The number of rotatable bonds is 8. The maximum absolute atomic E-state index is 11.8. The summed E-state index contributed by atoms with van der Waals surface area (Å²) in [4.78, 5) is 11.8. The molecule has 4 heteroatoms. The molecule has 0 bridgehead atoms. The van der Waals surface area contributed by atoms with Crippen LogP contribution in [0.3, 0.4) is 0 Å². The summed E-state index contributed by atoms with van der Waals surface area (Å²) in [6.07, 6.45) is 1.46. The molecule has 0 aliphatic heterocycles. The van der Waals surface area contributed by atoms with Crippen molar-refractivity contribution in [3.05, 3.63) is 29.3 Å². The van der Waals surface area contributed by atoms with Gasteiger partial charge in [0.25, 0.3) is 0 Å². The number of hydrogen-bond donors (Lipinski definition) is 1. The summed E-state index contributed by atoms with van der Waals surface area (Å²) in [6.45, 7) is 9.31. The van der Waals surface area contributed by atoms with Crippen LogP contribution in [-0.4, -0.2) is 31.8 Å². The number of esters is 1. The molecule has 1 aromatic carbocycles. The van der Waals surface area contributed by atoms with Crippen molar-refractivity contribution < 1.29 is 14.3 Å². The zero-order valence-corrected chi connectivity index (χ0v) is 13.8. The summed E-state index contributed by atoms with van der Waals surface area (Å²) in [5, 5.41) is 3.19. The van der Waals surface area contributed by atoms with Crippen LogP contribution in [0.2, 0.25) is 0 Å². The van der Waals surface area contributed by atoms with Crippen molar-refractivity contribution in [2.24, 2.45) is 0 Å². The molecule has 0 fully saturated rings. The Balaban J connectivity index is 2.47. The van der Waals surface area contributed by atoms with Crippen molar-refractivity contribution in [2.75, 3.05) is 20.3 Å². The SMILES string of the molecule is CCNC(C)(CCCOc1ccc(C)c(C)c1)C(=O)OC. The van der Waals surface area contributed by atoms with Crippen LogP contribution in [0, 0.1) is 13.8 Å². The van der Waals surface area contributed by atoms with Crippen molar-refractivity contribution in [1.29, 1.82) is 0 Å². The normalized spacial score (nSPS) is 13.6. The van der Waals surface area contributed by atoms with Gasteiger partial charge in [-0.1, -0.05) is 13.0 Å². The van der Waals surface area contributed by atoms with Gasteiger partial charge >= 0.3 is 5.97 Å². The van der Waals surface area contributed by atoms with Crippen molar-refractivity contribution in [3.63, 3.8) is 0 Å². The minimum Gasteiger partial charge on any atom is -0.494 e. The highest BCUT2D eigenvalue weighted by molar-refractivity contribution is 5.80. The summed E-state index contributed by atoms with van der Waals surface area (Å²) >= 11 is 0. The quantitative estimate of drug-likeness (QED) is 0.591. The Kier molecular flexibility index (Phi) is 6.69. The van der Waals surface area contributed by atoms with Crippen LogP contribution >= 0.6 is 0 Å². The number of nitrogens with one attached hydrogen (secondary N) is 1. The van der Waals surface area contributed by atoms with Gasteiger partial charge in [-0.3, -0.25) is 4.79 Å². The average molecular weight is 293 g/mol. The Morgan fingerprint density at radius 3 is 2.57 bits per heavy atom. The highest BCUT2D eigenvalue weighted by Crippen LogP contribution is 2.18. The van der Waals surface area contributed by atoms with E-state index in [9.17, 15) is 4.79 Å².